The highest BCUT2D eigenvalue weighted by Crippen LogP contribution is 2.28. The van der Waals surface area contributed by atoms with Crippen LogP contribution in [0.5, 0.6) is 0 Å². The third-order valence-electron chi connectivity index (χ3n) is 4.61. The third kappa shape index (κ3) is 5.31. The summed E-state index contributed by atoms with van der Waals surface area (Å²) in [6.07, 6.45) is 0. The van der Waals surface area contributed by atoms with E-state index in [2.05, 4.69) is 11.8 Å². The minimum absolute atomic E-state index is 0.0855. The van der Waals surface area contributed by atoms with Crippen molar-refractivity contribution in [3.63, 3.8) is 0 Å². The summed E-state index contributed by atoms with van der Waals surface area (Å²) in [6.45, 7) is 5.99. The predicted molar refractivity (Wildman–Crippen MR) is 102 cm³/mol. The van der Waals surface area contributed by atoms with Gasteiger partial charge in [0.15, 0.2) is 0 Å². The fourth-order valence-electron chi connectivity index (χ4n) is 3.30. The monoisotopic (exact) mass is 387 g/mol. The Bertz CT molecular complexity index is 569. The Morgan fingerprint density at radius 3 is 2.20 bits per heavy atom. The molecule has 0 bridgehead atoms. The van der Waals surface area contributed by atoms with Crippen molar-refractivity contribution in [3.05, 3.63) is 33.8 Å². The molecule has 2 rings (SSSR count). The van der Waals surface area contributed by atoms with Gasteiger partial charge in [0.25, 0.3) is 0 Å². The van der Waals surface area contributed by atoms with Crippen LogP contribution in [-0.2, 0) is 9.53 Å². The summed E-state index contributed by atoms with van der Waals surface area (Å²) in [7, 11) is 5.51. The molecule has 0 unspecified atom stereocenters. The van der Waals surface area contributed by atoms with Gasteiger partial charge >= 0.3 is 0 Å². The maximum Gasteiger partial charge on any atom is 0.244 e. The number of carbonyl (C=O) groups is 1. The van der Waals surface area contributed by atoms with E-state index in [0.717, 1.165) is 18.7 Å². The van der Waals surface area contributed by atoms with E-state index in [9.17, 15) is 4.79 Å². The van der Waals surface area contributed by atoms with Gasteiger partial charge in [0.05, 0.1) is 6.61 Å². The molecule has 0 spiro atoms. The zero-order chi connectivity index (χ0) is 18.6. The van der Waals surface area contributed by atoms with E-state index in [1.54, 1.807) is 13.2 Å². The average Bonchev–Trinajstić information content (AvgIpc) is 2.54. The first kappa shape index (κ1) is 20.5. The molecule has 1 amide bonds. The van der Waals surface area contributed by atoms with Crippen LogP contribution in [0.2, 0.25) is 10.0 Å². The summed E-state index contributed by atoms with van der Waals surface area (Å²) in [5.74, 6) is 0.0855. The molecule has 5 nitrogen and oxygen atoms in total. The van der Waals surface area contributed by atoms with E-state index in [-0.39, 0.29) is 11.9 Å². The number of halogens is 2. The molecular formula is C18H27Cl2N3O2. The molecule has 7 heteroatoms. The zero-order valence-corrected chi connectivity index (χ0v) is 16.8. The number of benzene rings is 1. The maximum atomic E-state index is 13.1. The Labute approximate surface area is 160 Å². The van der Waals surface area contributed by atoms with E-state index >= 15 is 0 Å². The largest absolute Gasteiger partial charge is 0.383 e. The first-order chi connectivity index (χ1) is 11.8. The molecule has 25 heavy (non-hydrogen) atoms. The summed E-state index contributed by atoms with van der Waals surface area (Å²) in [4.78, 5) is 19.3. The van der Waals surface area contributed by atoms with Crippen LogP contribution in [0, 0.1) is 0 Å². The van der Waals surface area contributed by atoms with Gasteiger partial charge in [0.2, 0.25) is 5.91 Å². The minimum Gasteiger partial charge on any atom is -0.383 e. The van der Waals surface area contributed by atoms with Crippen LogP contribution in [0.3, 0.4) is 0 Å². The van der Waals surface area contributed by atoms with Crippen LogP contribution in [-0.4, -0.2) is 80.6 Å². The molecule has 140 valence electrons. The van der Waals surface area contributed by atoms with Gasteiger partial charge in [0.1, 0.15) is 6.04 Å². The van der Waals surface area contributed by atoms with Crippen LogP contribution >= 0.6 is 23.2 Å². The van der Waals surface area contributed by atoms with Gasteiger partial charge in [-0.15, -0.1) is 0 Å². The first-order valence-corrected chi connectivity index (χ1v) is 9.23. The number of methoxy groups -OCH3 is 1. The second kappa shape index (κ2) is 9.19. The summed E-state index contributed by atoms with van der Waals surface area (Å²) < 4.78 is 5.23. The van der Waals surface area contributed by atoms with Gasteiger partial charge in [-0.3, -0.25) is 14.6 Å². The number of rotatable bonds is 6. The summed E-state index contributed by atoms with van der Waals surface area (Å²) in [5, 5.41) is 1.08. The second-order valence-electron chi connectivity index (χ2n) is 6.73. The van der Waals surface area contributed by atoms with Crippen LogP contribution < -0.4 is 0 Å². The molecule has 1 heterocycles. The lowest BCUT2D eigenvalue weighted by Gasteiger charge is -2.40. The second-order valence-corrected chi connectivity index (χ2v) is 7.61. The van der Waals surface area contributed by atoms with Gasteiger partial charge in [0, 0.05) is 49.4 Å². The molecule has 1 saturated heterocycles. The number of likely N-dealkylation sites (N-methyl/N-ethyl adjacent to an activating group) is 1. The van der Waals surface area contributed by atoms with E-state index in [4.69, 9.17) is 27.9 Å². The Kier molecular flexibility index (Phi) is 7.52. The van der Waals surface area contributed by atoms with Crippen molar-refractivity contribution in [1.82, 2.24) is 14.7 Å². The topological polar surface area (TPSA) is 36.0 Å². The van der Waals surface area contributed by atoms with Crippen molar-refractivity contribution < 1.29 is 9.53 Å². The standard InChI is InChI=1S/C18H27Cl2N3O2/c1-13(12-25-4)22-5-7-23(8-6-22)18(24)17(21(2)3)14-9-15(19)11-16(20)10-14/h9-11,13,17H,5-8,12H2,1-4H3/t13-,17-/m1/s1. The van der Waals surface area contributed by atoms with Crippen LogP contribution in [0.25, 0.3) is 0 Å². The van der Waals surface area contributed by atoms with Crippen molar-refractivity contribution >= 4 is 29.1 Å². The Morgan fingerprint density at radius 2 is 1.72 bits per heavy atom. The number of carbonyl (C=O) groups excluding carboxylic acids is 1. The normalized spacial score (nSPS) is 18.4. The lowest BCUT2D eigenvalue weighted by molar-refractivity contribution is -0.138. The smallest absolute Gasteiger partial charge is 0.244 e. The molecule has 1 aliphatic rings. The predicted octanol–water partition coefficient (Wildman–Crippen LogP) is 2.78. The number of hydrogen-bond donors (Lipinski definition) is 0. The van der Waals surface area contributed by atoms with Crippen molar-refractivity contribution in [2.24, 2.45) is 0 Å². The highest BCUT2D eigenvalue weighted by atomic mass is 35.5. The van der Waals surface area contributed by atoms with E-state index in [1.165, 1.54) is 0 Å². The highest BCUT2D eigenvalue weighted by Gasteiger charge is 2.31. The maximum absolute atomic E-state index is 13.1. The van der Waals surface area contributed by atoms with Gasteiger partial charge in [-0.25, -0.2) is 0 Å². The Morgan fingerprint density at radius 1 is 1.16 bits per heavy atom. The lowest BCUT2D eigenvalue weighted by Crippen LogP contribution is -2.54. The molecule has 0 aromatic heterocycles. The number of nitrogens with zero attached hydrogens (tertiary/aromatic N) is 3. The van der Waals surface area contributed by atoms with Gasteiger partial charge in [-0.1, -0.05) is 23.2 Å². The van der Waals surface area contributed by atoms with Crippen molar-refractivity contribution in [1.29, 1.82) is 0 Å². The van der Waals surface area contributed by atoms with Crippen LogP contribution in [0.4, 0.5) is 0 Å². The Balaban J connectivity index is 2.09. The van der Waals surface area contributed by atoms with Crippen molar-refractivity contribution in [3.8, 4) is 0 Å². The SMILES string of the molecule is COC[C@@H](C)N1CCN(C(=O)[C@@H](c2cc(Cl)cc(Cl)c2)N(C)C)CC1. The number of amides is 1. The van der Waals surface area contributed by atoms with Gasteiger partial charge in [-0.05, 0) is 44.8 Å². The van der Waals surface area contributed by atoms with E-state index in [1.807, 2.05) is 36.0 Å². The molecule has 1 fully saturated rings. The quantitative estimate of drug-likeness (QED) is 0.751. The first-order valence-electron chi connectivity index (χ1n) is 8.47. The van der Waals surface area contributed by atoms with Crippen molar-refractivity contribution in [2.75, 3.05) is 54.0 Å². The van der Waals surface area contributed by atoms with Gasteiger partial charge < -0.3 is 9.64 Å². The molecule has 1 aliphatic heterocycles. The molecule has 0 aliphatic carbocycles. The molecule has 1 aromatic rings. The lowest BCUT2D eigenvalue weighted by atomic mass is 10.0. The molecule has 0 radical (unpaired) electrons. The third-order valence-corrected chi connectivity index (χ3v) is 5.04. The summed E-state index contributed by atoms with van der Waals surface area (Å²) in [6, 6.07) is 5.28. The Hall–Kier alpha value is -0.850. The number of ether oxygens (including phenoxy) is 1. The molecule has 2 atom stereocenters. The zero-order valence-electron chi connectivity index (χ0n) is 15.3. The molecule has 0 saturated carbocycles. The molecular weight excluding hydrogens is 361 g/mol. The fourth-order valence-corrected chi connectivity index (χ4v) is 3.84. The number of hydrogen-bond acceptors (Lipinski definition) is 4. The summed E-state index contributed by atoms with van der Waals surface area (Å²) >= 11 is 12.3. The average molecular weight is 388 g/mol. The number of piperazine rings is 1. The highest BCUT2D eigenvalue weighted by molar-refractivity contribution is 6.34. The molecule has 1 aromatic carbocycles. The van der Waals surface area contributed by atoms with Crippen LogP contribution in [0.15, 0.2) is 18.2 Å². The van der Waals surface area contributed by atoms with Crippen LogP contribution in [0.1, 0.15) is 18.5 Å². The van der Waals surface area contributed by atoms with E-state index < -0.39 is 0 Å². The van der Waals surface area contributed by atoms with Gasteiger partial charge in [-0.2, -0.15) is 0 Å². The minimum atomic E-state index is -0.390. The fraction of sp³-hybridized carbons (Fsp3) is 0.611. The summed E-state index contributed by atoms with van der Waals surface area (Å²) in [5.41, 5.74) is 0.822. The van der Waals surface area contributed by atoms with E-state index in [0.29, 0.717) is 35.8 Å². The molecule has 0 N–H and O–H groups in total. The van der Waals surface area contributed by atoms with Crippen molar-refractivity contribution in [2.45, 2.75) is 19.0 Å².